The van der Waals surface area contributed by atoms with Crippen LogP contribution in [0, 0.1) is 11.8 Å². The van der Waals surface area contributed by atoms with E-state index in [-0.39, 0.29) is 35.9 Å². The maximum absolute atomic E-state index is 14.3. The van der Waals surface area contributed by atoms with Gasteiger partial charge in [-0.15, -0.1) is 6.58 Å². The first kappa shape index (κ1) is 25.6. The van der Waals surface area contributed by atoms with Crippen LogP contribution >= 0.6 is 15.9 Å². The number of aliphatic hydroxyl groups is 1. The lowest BCUT2D eigenvalue weighted by molar-refractivity contribution is -0.155. The molecule has 0 aromatic rings. The molecule has 4 aliphatic rings. The lowest BCUT2D eigenvalue weighted by Gasteiger charge is -2.41. The van der Waals surface area contributed by atoms with Gasteiger partial charge in [0, 0.05) is 30.6 Å². The lowest BCUT2D eigenvalue weighted by Crippen LogP contribution is -2.58. The van der Waals surface area contributed by atoms with Crippen LogP contribution in [0.25, 0.3) is 0 Å². The average Bonchev–Trinajstić information content (AvgIpc) is 3.41. The predicted octanol–water partition coefficient (Wildman–Crippen LogP) is 2.42. The second-order valence-electron chi connectivity index (χ2n) is 9.95. The Hall–Kier alpha value is -1.45. The van der Waals surface area contributed by atoms with E-state index in [1.165, 1.54) is 6.42 Å². The highest BCUT2D eigenvalue weighted by Crippen LogP contribution is 2.60. The Morgan fingerprint density at radius 1 is 1.32 bits per heavy atom. The summed E-state index contributed by atoms with van der Waals surface area (Å²) in [6.07, 6.45) is 8.06. The molecule has 1 spiro atoms. The van der Waals surface area contributed by atoms with Crippen molar-refractivity contribution in [2.75, 3.05) is 26.3 Å². The van der Waals surface area contributed by atoms with Gasteiger partial charge in [0.05, 0.1) is 24.5 Å². The predicted molar refractivity (Wildman–Crippen MR) is 129 cm³/mol. The molecule has 0 aromatic heterocycles. The van der Waals surface area contributed by atoms with Gasteiger partial charge in [0.1, 0.15) is 11.6 Å². The number of ether oxygens (including phenoxy) is 2. The number of likely N-dealkylation sites (tertiary alicyclic amines) is 1. The van der Waals surface area contributed by atoms with E-state index in [1.807, 2.05) is 4.90 Å². The molecule has 1 unspecified atom stereocenters. The van der Waals surface area contributed by atoms with Gasteiger partial charge in [-0.2, -0.15) is 0 Å². The summed E-state index contributed by atoms with van der Waals surface area (Å²) in [5, 5.41) is 9.30. The summed E-state index contributed by atoms with van der Waals surface area (Å²) < 4.78 is 11.8. The molecule has 8 nitrogen and oxygen atoms in total. The summed E-state index contributed by atoms with van der Waals surface area (Å²) in [5.74, 6) is -2.22. The van der Waals surface area contributed by atoms with E-state index in [0.717, 1.165) is 25.7 Å². The van der Waals surface area contributed by atoms with E-state index >= 15 is 0 Å². The van der Waals surface area contributed by atoms with Gasteiger partial charge in [-0.1, -0.05) is 41.3 Å². The van der Waals surface area contributed by atoms with E-state index in [2.05, 4.69) is 22.5 Å². The molecule has 1 aliphatic carbocycles. The van der Waals surface area contributed by atoms with Gasteiger partial charge in [-0.3, -0.25) is 14.4 Å². The maximum atomic E-state index is 14.3. The zero-order valence-electron chi connectivity index (χ0n) is 20.0. The number of nitrogens with zero attached hydrogens (tertiary/aromatic N) is 2. The number of unbranched alkanes of at least 4 members (excludes halogenated alkanes) is 1. The van der Waals surface area contributed by atoms with Crippen LogP contribution in [0.3, 0.4) is 0 Å². The van der Waals surface area contributed by atoms with Crippen molar-refractivity contribution in [1.82, 2.24) is 9.80 Å². The molecule has 3 aliphatic heterocycles. The molecule has 3 heterocycles. The van der Waals surface area contributed by atoms with Crippen molar-refractivity contribution in [3.05, 3.63) is 12.7 Å². The van der Waals surface area contributed by atoms with Crippen molar-refractivity contribution < 1.29 is 29.0 Å². The fourth-order valence-corrected chi connectivity index (χ4v) is 7.60. The lowest BCUT2D eigenvalue weighted by atomic mass is 9.70. The second-order valence-corrected chi connectivity index (χ2v) is 11.1. The smallest absolute Gasteiger partial charge is 0.312 e. The standard InChI is InChI=1S/C25H37BrN2O6/c1-3-12-27(16-10-6-5-7-11-16)23(31)21-25-15-17(26)20(34-25)18(24(32)33-4-2)19(25)22(30)28(21)13-8-9-14-29/h3,16-21,29H,1,4-15H2,2H3/t17?,18-,19+,20-,21-,25+/m1/s1. The molecule has 2 bridgehead atoms. The molecule has 1 saturated carbocycles. The number of aliphatic hydroxyl groups excluding tert-OH is 1. The highest BCUT2D eigenvalue weighted by atomic mass is 79.9. The zero-order valence-corrected chi connectivity index (χ0v) is 21.6. The van der Waals surface area contributed by atoms with Crippen LogP contribution in [0.1, 0.15) is 58.3 Å². The fraction of sp³-hybridized carbons (Fsp3) is 0.800. The summed E-state index contributed by atoms with van der Waals surface area (Å²) in [7, 11) is 0. The number of carbonyl (C=O) groups excluding carboxylic acids is 3. The first-order valence-corrected chi connectivity index (χ1v) is 13.6. The molecule has 3 saturated heterocycles. The van der Waals surface area contributed by atoms with Gasteiger partial charge < -0.3 is 24.4 Å². The van der Waals surface area contributed by atoms with Crippen LogP contribution in [0.4, 0.5) is 0 Å². The quantitative estimate of drug-likeness (QED) is 0.198. The molecule has 0 aromatic carbocycles. The Morgan fingerprint density at radius 2 is 2.06 bits per heavy atom. The Bertz CT molecular complexity index is 802. The number of carbonyl (C=O) groups is 3. The summed E-state index contributed by atoms with van der Waals surface area (Å²) >= 11 is 3.67. The van der Waals surface area contributed by atoms with Crippen LogP contribution in [0.5, 0.6) is 0 Å². The van der Waals surface area contributed by atoms with E-state index in [1.54, 1.807) is 17.9 Å². The largest absolute Gasteiger partial charge is 0.466 e. The van der Waals surface area contributed by atoms with E-state index in [4.69, 9.17) is 9.47 Å². The number of halogens is 1. The third-order valence-electron chi connectivity index (χ3n) is 8.01. The number of hydrogen-bond donors (Lipinski definition) is 1. The Balaban J connectivity index is 1.72. The van der Waals surface area contributed by atoms with Crippen LogP contribution in [0.15, 0.2) is 12.7 Å². The summed E-state index contributed by atoms with van der Waals surface area (Å²) in [5.41, 5.74) is -1.06. The normalized spacial score (nSPS) is 34.9. The minimum absolute atomic E-state index is 0.0212. The first-order chi connectivity index (χ1) is 16.4. The molecule has 0 radical (unpaired) electrons. The van der Waals surface area contributed by atoms with Gasteiger partial charge in [-0.25, -0.2) is 0 Å². The Morgan fingerprint density at radius 3 is 2.71 bits per heavy atom. The number of fused-ring (bicyclic) bond motifs is 1. The van der Waals surface area contributed by atoms with Gasteiger partial charge >= 0.3 is 5.97 Å². The van der Waals surface area contributed by atoms with Gasteiger partial charge in [0.25, 0.3) is 0 Å². The third kappa shape index (κ3) is 4.22. The fourth-order valence-electron chi connectivity index (χ4n) is 6.66. The summed E-state index contributed by atoms with van der Waals surface area (Å²) in [4.78, 5) is 44.5. The zero-order chi connectivity index (χ0) is 24.5. The molecule has 34 heavy (non-hydrogen) atoms. The molecule has 1 N–H and O–H groups in total. The van der Waals surface area contributed by atoms with Crippen molar-refractivity contribution >= 4 is 33.7 Å². The SMILES string of the molecule is C=CCN(C(=O)[C@H]1N(CCCCO)C(=O)[C@@H]2[C@@H](C(=O)OCC)[C@@H]3O[C@@]21CC3Br)C1CCCCC1. The van der Waals surface area contributed by atoms with Crippen LogP contribution in [-0.2, 0) is 23.9 Å². The summed E-state index contributed by atoms with van der Waals surface area (Å²) in [6, 6.07) is -0.682. The molecular formula is C25H37BrN2O6. The second kappa shape index (κ2) is 10.7. The Labute approximate surface area is 210 Å². The van der Waals surface area contributed by atoms with Crippen LogP contribution in [-0.4, -0.2) is 87.6 Å². The maximum Gasteiger partial charge on any atom is 0.312 e. The van der Waals surface area contributed by atoms with Gasteiger partial charge in [0.15, 0.2) is 0 Å². The van der Waals surface area contributed by atoms with Crippen LogP contribution in [0.2, 0.25) is 0 Å². The average molecular weight is 541 g/mol. The Kier molecular flexibility index (Phi) is 8.04. The molecule has 190 valence electrons. The minimum Gasteiger partial charge on any atom is -0.466 e. The van der Waals surface area contributed by atoms with Crippen molar-refractivity contribution in [2.24, 2.45) is 11.8 Å². The highest BCUT2D eigenvalue weighted by molar-refractivity contribution is 9.09. The molecule has 6 atom stereocenters. The molecular weight excluding hydrogens is 504 g/mol. The number of hydrogen-bond acceptors (Lipinski definition) is 6. The highest BCUT2D eigenvalue weighted by Gasteiger charge is 2.77. The van der Waals surface area contributed by atoms with Gasteiger partial charge in [-0.05, 0) is 39.0 Å². The number of rotatable bonds is 10. The van der Waals surface area contributed by atoms with E-state index < -0.39 is 35.6 Å². The number of amides is 2. The van der Waals surface area contributed by atoms with Crippen LogP contribution < -0.4 is 0 Å². The number of esters is 1. The third-order valence-corrected chi connectivity index (χ3v) is 8.86. The van der Waals surface area contributed by atoms with Crippen molar-refractivity contribution in [3.63, 3.8) is 0 Å². The monoisotopic (exact) mass is 540 g/mol. The van der Waals surface area contributed by atoms with Crippen molar-refractivity contribution in [1.29, 1.82) is 0 Å². The number of alkyl halides is 1. The summed E-state index contributed by atoms with van der Waals surface area (Å²) in [6.45, 7) is 6.63. The molecule has 2 amide bonds. The minimum atomic E-state index is -1.06. The van der Waals surface area contributed by atoms with E-state index in [9.17, 15) is 19.5 Å². The van der Waals surface area contributed by atoms with Crippen molar-refractivity contribution in [2.45, 2.75) is 86.9 Å². The molecule has 4 rings (SSSR count). The molecule has 4 fully saturated rings. The van der Waals surface area contributed by atoms with Gasteiger partial charge in [0.2, 0.25) is 11.8 Å². The van der Waals surface area contributed by atoms with Crippen molar-refractivity contribution in [3.8, 4) is 0 Å². The molecule has 9 heteroatoms. The topological polar surface area (TPSA) is 96.4 Å². The van der Waals surface area contributed by atoms with E-state index in [0.29, 0.717) is 32.4 Å². The first-order valence-electron chi connectivity index (χ1n) is 12.7.